The molecular weight excluding hydrogens is 360 g/mol. The molecule has 7 nitrogen and oxygen atoms in total. The number of rotatable bonds is 5. The van der Waals surface area contributed by atoms with E-state index in [4.69, 9.17) is 9.47 Å². The van der Waals surface area contributed by atoms with Crippen molar-refractivity contribution in [3.8, 4) is 17.6 Å². The van der Waals surface area contributed by atoms with E-state index in [2.05, 4.69) is 0 Å². The topological polar surface area (TPSA) is 102 Å². The van der Waals surface area contributed by atoms with E-state index in [0.717, 1.165) is 0 Å². The minimum absolute atomic E-state index is 0.0481. The third-order valence-corrected chi connectivity index (χ3v) is 5.44. The van der Waals surface area contributed by atoms with Gasteiger partial charge in [0.1, 0.15) is 23.4 Å². The zero-order valence-corrected chi connectivity index (χ0v) is 15.6. The van der Waals surface area contributed by atoms with Gasteiger partial charge in [-0.25, -0.2) is 0 Å². The lowest BCUT2D eigenvalue weighted by atomic mass is 9.62. The number of hydrogen-bond donors (Lipinski definition) is 0. The van der Waals surface area contributed by atoms with Crippen LogP contribution < -0.4 is 9.47 Å². The Labute approximate surface area is 162 Å². The van der Waals surface area contributed by atoms with Gasteiger partial charge in [-0.15, -0.1) is 0 Å². The van der Waals surface area contributed by atoms with Crippen LogP contribution in [0.15, 0.2) is 48.5 Å². The van der Waals surface area contributed by atoms with E-state index in [1.165, 1.54) is 14.2 Å². The molecule has 0 bridgehead atoms. The fourth-order valence-corrected chi connectivity index (χ4v) is 3.96. The number of nitriles is 1. The van der Waals surface area contributed by atoms with Gasteiger partial charge in [0.25, 0.3) is 0 Å². The van der Waals surface area contributed by atoms with Crippen molar-refractivity contribution in [3.05, 3.63) is 69.8 Å². The lowest BCUT2D eigenvalue weighted by molar-refractivity contribution is -0.563. The van der Waals surface area contributed by atoms with Gasteiger partial charge in [-0.1, -0.05) is 24.3 Å². The summed E-state index contributed by atoms with van der Waals surface area (Å²) in [6.07, 6.45) is -0.0962. The number of carbonyl (C=O) groups is 1. The largest absolute Gasteiger partial charge is 0.497 e. The van der Waals surface area contributed by atoms with Crippen LogP contribution in [0.25, 0.3) is 0 Å². The van der Waals surface area contributed by atoms with Crippen LogP contribution >= 0.6 is 0 Å². The van der Waals surface area contributed by atoms with Gasteiger partial charge in [0, 0.05) is 17.8 Å². The van der Waals surface area contributed by atoms with E-state index >= 15 is 0 Å². The molecule has 0 spiro atoms. The van der Waals surface area contributed by atoms with Gasteiger partial charge >= 0.3 is 5.54 Å². The number of methoxy groups -OCH3 is 2. The third kappa shape index (κ3) is 3.18. The van der Waals surface area contributed by atoms with Gasteiger partial charge in [-0.2, -0.15) is 5.26 Å². The average Bonchev–Trinajstić information content (AvgIpc) is 2.73. The molecule has 2 aromatic carbocycles. The number of ketones is 1. The van der Waals surface area contributed by atoms with Crippen molar-refractivity contribution in [3.63, 3.8) is 0 Å². The van der Waals surface area contributed by atoms with Crippen molar-refractivity contribution < 1.29 is 19.2 Å². The maximum atomic E-state index is 12.5. The van der Waals surface area contributed by atoms with Gasteiger partial charge in [-0.3, -0.25) is 14.9 Å². The summed E-state index contributed by atoms with van der Waals surface area (Å²) < 4.78 is 10.3. The highest BCUT2D eigenvalue weighted by molar-refractivity contribution is 5.82. The standard InChI is InChI=1S/C21H20N2O5/c1-27-17-7-3-14(4-8-17)19-11-16(24)12-20(21(19,13-22)23(25)26)15-5-9-18(28-2)10-6-15/h3-10,19-20H,11-12H2,1-2H3. The number of hydrogen-bond acceptors (Lipinski definition) is 6. The Morgan fingerprint density at radius 1 is 0.964 bits per heavy atom. The Hall–Kier alpha value is -3.40. The molecule has 1 saturated carbocycles. The van der Waals surface area contributed by atoms with Crippen molar-refractivity contribution in [1.82, 2.24) is 0 Å². The second-order valence-corrected chi connectivity index (χ2v) is 6.79. The number of Topliss-reactive ketones (excluding diaryl/α,β-unsaturated/α-hetero) is 1. The molecule has 1 fully saturated rings. The fourth-order valence-electron chi connectivity index (χ4n) is 3.96. The van der Waals surface area contributed by atoms with Crippen LogP contribution in [-0.4, -0.2) is 30.5 Å². The van der Waals surface area contributed by atoms with Crippen LogP contribution in [0, 0.1) is 21.4 Å². The van der Waals surface area contributed by atoms with Crippen LogP contribution in [0.3, 0.4) is 0 Å². The maximum absolute atomic E-state index is 12.5. The molecule has 2 aromatic rings. The molecule has 0 N–H and O–H groups in total. The Kier molecular flexibility index (Phi) is 5.32. The number of nitro groups is 1. The highest BCUT2D eigenvalue weighted by atomic mass is 16.6. The molecular formula is C21H20N2O5. The molecule has 1 aliphatic carbocycles. The number of ether oxygens (including phenoxy) is 2. The molecule has 0 amide bonds. The molecule has 2 atom stereocenters. The molecule has 0 saturated heterocycles. The first kappa shape index (κ1) is 19.4. The second-order valence-electron chi connectivity index (χ2n) is 6.79. The summed E-state index contributed by atoms with van der Waals surface area (Å²) in [6, 6.07) is 15.4. The van der Waals surface area contributed by atoms with Crippen molar-refractivity contribution in [1.29, 1.82) is 5.26 Å². The summed E-state index contributed by atoms with van der Waals surface area (Å²) in [5.74, 6) is -0.615. The first-order chi connectivity index (χ1) is 13.5. The first-order valence-corrected chi connectivity index (χ1v) is 8.81. The lowest BCUT2D eigenvalue weighted by Crippen LogP contribution is -2.52. The lowest BCUT2D eigenvalue weighted by Gasteiger charge is -2.37. The van der Waals surface area contributed by atoms with Gasteiger partial charge in [0.2, 0.25) is 0 Å². The Bertz CT molecular complexity index is 856. The zero-order chi connectivity index (χ0) is 20.3. The third-order valence-electron chi connectivity index (χ3n) is 5.44. The predicted molar refractivity (Wildman–Crippen MR) is 101 cm³/mol. The molecule has 0 heterocycles. The number of carbonyl (C=O) groups excluding carboxylic acids is 1. The number of nitrogens with zero attached hydrogens (tertiary/aromatic N) is 2. The molecule has 0 aliphatic heterocycles. The van der Waals surface area contributed by atoms with Gasteiger partial charge in [0.15, 0.2) is 0 Å². The maximum Gasteiger partial charge on any atom is 0.319 e. The molecule has 28 heavy (non-hydrogen) atoms. The highest BCUT2D eigenvalue weighted by Crippen LogP contribution is 2.49. The van der Waals surface area contributed by atoms with Crippen LogP contribution in [0.2, 0.25) is 0 Å². The molecule has 2 unspecified atom stereocenters. The van der Waals surface area contributed by atoms with Gasteiger partial charge in [-0.05, 0) is 35.4 Å². The van der Waals surface area contributed by atoms with Crippen LogP contribution in [0.1, 0.15) is 35.8 Å². The van der Waals surface area contributed by atoms with Crippen molar-refractivity contribution in [2.24, 2.45) is 0 Å². The van der Waals surface area contributed by atoms with E-state index in [0.29, 0.717) is 22.6 Å². The summed E-state index contributed by atoms with van der Waals surface area (Å²) in [4.78, 5) is 24.2. The van der Waals surface area contributed by atoms with E-state index in [-0.39, 0.29) is 18.6 Å². The average molecular weight is 380 g/mol. The van der Waals surface area contributed by atoms with Crippen LogP contribution in [-0.2, 0) is 4.79 Å². The summed E-state index contributed by atoms with van der Waals surface area (Å²) >= 11 is 0. The van der Waals surface area contributed by atoms with Gasteiger partial charge < -0.3 is 9.47 Å². The van der Waals surface area contributed by atoms with Crippen molar-refractivity contribution in [2.45, 2.75) is 30.2 Å². The van der Waals surface area contributed by atoms with Crippen molar-refractivity contribution >= 4 is 5.78 Å². The normalized spacial score (nSPS) is 24.2. The molecule has 0 radical (unpaired) electrons. The number of benzene rings is 2. The molecule has 0 aromatic heterocycles. The highest BCUT2D eigenvalue weighted by Gasteiger charge is 2.61. The monoisotopic (exact) mass is 380 g/mol. The molecule has 144 valence electrons. The van der Waals surface area contributed by atoms with Gasteiger partial charge in [0.05, 0.1) is 26.1 Å². The minimum Gasteiger partial charge on any atom is -0.497 e. The SMILES string of the molecule is COc1ccc(C2CC(=O)CC(c3ccc(OC)cc3)C2(C#N)[N+](=O)[O-])cc1. The zero-order valence-electron chi connectivity index (χ0n) is 15.6. The van der Waals surface area contributed by atoms with E-state index in [1.807, 2.05) is 6.07 Å². The first-order valence-electron chi connectivity index (χ1n) is 8.81. The summed E-state index contributed by atoms with van der Waals surface area (Å²) in [5, 5.41) is 22.3. The van der Waals surface area contributed by atoms with Crippen LogP contribution in [0.4, 0.5) is 0 Å². The summed E-state index contributed by atoms with van der Waals surface area (Å²) in [7, 11) is 3.05. The molecule has 3 rings (SSSR count). The smallest absolute Gasteiger partial charge is 0.319 e. The molecule has 7 heteroatoms. The van der Waals surface area contributed by atoms with E-state index in [1.54, 1.807) is 48.5 Å². The Balaban J connectivity index is 2.13. The van der Waals surface area contributed by atoms with E-state index < -0.39 is 22.3 Å². The predicted octanol–water partition coefficient (Wildman–Crippen LogP) is 3.47. The van der Waals surface area contributed by atoms with Crippen molar-refractivity contribution in [2.75, 3.05) is 14.2 Å². The van der Waals surface area contributed by atoms with Crippen LogP contribution in [0.5, 0.6) is 11.5 Å². The molecule has 1 aliphatic rings. The fraction of sp³-hybridized carbons (Fsp3) is 0.333. The summed E-state index contributed by atoms with van der Waals surface area (Å²) in [5.41, 5.74) is -0.798. The Morgan fingerprint density at radius 2 is 1.36 bits per heavy atom. The summed E-state index contributed by atoms with van der Waals surface area (Å²) in [6.45, 7) is 0. The van der Waals surface area contributed by atoms with E-state index in [9.17, 15) is 20.2 Å². The minimum atomic E-state index is -1.95. The Morgan fingerprint density at radius 3 is 1.64 bits per heavy atom. The quantitative estimate of drug-likeness (QED) is 0.581. The second kappa shape index (κ2) is 7.69.